The van der Waals surface area contributed by atoms with E-state index in [9.17, 15) is 14.0 Å². The van der Waals surface area contributed by atoms with Crippen molar-refractivity contribution in [2.45, 2.75) is 19.2 Å². The van der Waals surface area contributed by atoms with Crippen LogP contribution in [0.3, 0.4) is 0 Å². The summed E-state index contributed by atoms with van der Waals surface area (Å²) in [6.45, 7) is 0.387. The molecule has 0 N–H and O–H groups in total. The van der Waals surface area contributed by atoms with Gasteiger partial charge in [-0.25, -0.2) is 9.45 Å². The third-order valence-corrected chi connectivity index (χ3v) is 7.47. The van der Waals surface area contributed by atoms with Crippen molar-refractivity contribution in [2.75, 3.05) is 14.2 Å². The third kappa shape index (κ3) is 4.97. The average molecular weight is 562 g/mol. The molecule has 0 spiro atoms. The van der Waals surface area contributed by atoms with E-state index in [2.05, 4.69) is 4.98 Å². The number of nitrogens with zero attached hydrogens (tertiary/aromatic N) is 3. The van der Waals surface area contributed by atoms with Crippen LogP contribution in [-0.4, -0.2) is 40.9 Å². The molecule has 4 aromatic carbocycles. The lowest BCUT2D eigenvalue weighted by molar-refractivity contribution is -0.0756. The van der Waals surface area contributed by atoms with Crippen molar-refractivity contribution in [3.05, 3.63) is 142 Å². The van der Waals surface area contributed by atoms with E-state index in [1.165, 1.54) is 26.3 Å². The summed E-state index contributed by atoms with van der Waals surface area (Å²) in [6.07, 6.45) is 1.06. The van der Waals surface area contributed by atoms with E-state index in [1.54, 1.807) is 35.4 Å². The Balaban J connectivity index is 1.55. The second kappa shape index (κ2) is 11.4. The van der Waals surface area contributed by atoms with Crippen LogP contribution in [0.4, 0.5) is 4.39 Å². The lowest BCUT2D eigenvalue weighted by atomic mass is 9.95. The number of hydroxylamine groups is 2. The fourth-order valence-corrected chi connectivity index (χ4v) is 5.38. The summed E-state index contributed by atoms with van der Waals surface area (Å²) in [7, 11) is 2.93. The minimum Gasteiger partial charge on any atom is -0.478 e. The quantitative estimate of drug-likeness (QED) is 0.207. The highest BCUT2D eigenvalue weighted by Gasteiger charge is 2.39. The van der Waals surface area contributed by atoms with Crippen LogP contribution in [0.25, 0.3) is 10.9 Å². The second-order valence-corrected chi connectivity index (χ2v) is 10.0. The Bertz CT molecular complexity index is 1720. The molecule has 6 rings (SSSR count). The Labute approximate surface area is 242 Å². The number of carbonyl (C=O) groups is 2. The molecule has 0 fully saturated rings. The first kappa shape index (κ1) is 27.1. The van der Waals surface area contributed by atoms with Gasteiger partial charge in [-0.1, -0.05) is 78.9 Å². The van der Waals surface area contributed by atoms with E-state index in [0.29, 0.717) is 27.8 Å². The van der Waals surface area contributed by atoms with Crippen molar-refractivity contribution in [1.82, 2.24) is 14.9 Å². The summed E-state index contributed by atoms with van der Waals surface area (Å²) in [4.78, 5) is 39.4. The molecule has 42 heavy (non-hydrogen) atoms. The van der Waals surface area contributed by atoms with Gasteiger partial charge in [0, 0.05) is 37.3 Å². The topological polar surface area (TPSA) is 72.0 Å². The Morgan fingerprint density at radius 2 is 1.60 bits per heavy atom. The highest BCUT2D eigenvalue weighted by molar-refractivity contribution is 6.15. The van der Waals surface area contributed by atoms with Gasteiger partial charge in [-0.05, 0) is 34.9 Å². The molecule has 0 unspecified atom stereocenters. The molecule has 0 saturated carbocycles. The molecule has 1 aliphatic rings. The number of fused-ring (bicyclic) bond motifs is 2. The first-order chi connectivity index (χ1) is 20.5. The van der Waals surface area contributed by atoms with Crippen molar-refractivity contribution in [3.63, 3.8) is 0 Å². The first-order valence-corrected chi connectivity index (χ1v) is 13.5. The molecule has 0 saturated heterocycles. The van der Waals surface area contributed by atoms with Gasteiger partial charge in [0.1, 0.15) is 17.4 Å². The zero-order valence-corrected chi connectivity index (χ0v) is 23.2. The van der Waals surface area contributed by atoms with Gasteiger partial charge in [-0.3, -0.25) is 19.4 Å². The largest absolute Gasteiger partial charge is 0.478 e. The molecule has 0 bridgehead atoms. The third-order valence-electron chi connectivity index (χ3n) is 7.47. The summed E-state index contributed by atoms with van der Waals surface area (Å²) in [5, 5.41) is 1.68. The van der Waals surface area contributed by atoms with Crippen LogP contribution in [-0.2, 0) is 17.9 Å². The van der Waals surface area contributed by atoms with E-state index >= 15 is 0 Å². The Morgan fingerprint density at radius 1 is 0.952 bits per heavy atom. The molecule has 210 valence electrons. The van der Waals surface area contributed by atoms with E-state index < -0.39 is 12.0 Å². The summed E-state index contributed by atoms with van der Waals surface area (Å²) < 4.78 is 20.4. The average Bonchev–Trinajstić information content (AvgIpc) is 3.35. The van der Waals surface area contributed by atoms with Gasteiger partial charge in [0.15, 0.2) is 5.75 Å². The highest BCUT2D eigenvalue weighted by atomic mass is 19.1. The van der Waals surface area contributed by atoms with Crippen molar-refractivity contribution in [1.29, 1.82) is 0 Å². The molecule has 5 aromatic rings. The van der Waals surface area contributed by atoms with Gasteiger partial charge in [0.2, 0.25) is 0 Å². The van der Waals surface area contributed by atoms with E-state index in [0.717, 1.165) is 21.8 Å². The Kier molecular flexibility index (Phi) is 7.37. The monoisotopic (exact) mass is 561 g/mol. The number of aromatic nitrogens is 1. The van der Waals surface area contributed by atoms with Crippen LogP contribution in [0.15, 0.2) is 103 Å². The fraction of sp³-hybridized carbons (Fsp3) is 0.147. The van der Waals surface area contributed by atoms with Gasteiger partial charge in [0.05, 0.1) is 18.2 Å². The van der Waals surface area contributed by atoms with Crippen LogP contribution >= 0.6 is 0 Å². The normalized spacial score (nSPS) is 12.6. The molecule has 2 heterocycles. The lowest BCUT2D eigenvalue weighted by Crippen LogP contribution is -2.27. The predicted octanol–water partition coefficient (Wildman–Crippen LogP) is 6.33. The predicted molar refractivity (Wildman–Crippen MR) is 156 cm³/mol. The number of hydrogen-bond acceptors (Lipinski definition) is 5. The molecule has 0 radical (unpaired) electrons. The first-order valence-electron chi connectivity index (χ1n) is 13.5. The van der Waals surface area contributed by atoms with Crippen LogP contribution in [0.1, 0.15) is 49.1 Å². The number of hydrogen-bond donors (Lipinski definition) is 0. The minimum atomic E-state index is -0.552. The molecule has 0 atom stereocenters. The fourth-order valence-electron chi connectivity index (χ4n) is 5.38. The maximum atomic E-state index is 14.2. The summed E-state index contributed by atoms with van der Waals surface area (Å²) >= 11 is 0. The Morgan fingerprint density at radius 3 is 2.21 bits per heavy atom. The van der Waals surface area contributed by atoms with E-state index in [1.807, 2.05) is 60.7 Å². The maximum Gasteiger partial charge on any atom is 0.278 e. The smallest absolute Gasteiger partial charge is 0.278 e. The maximum absolute atomic E-state index is 14.2. The minimum absolute atomic E-state index is 0.159. The summed E-state index contributed by atoms with van der Waals surface area (Å²) in [5.74, 6) is -0.754. The number of rotatable bonds is 8. The van der Waals surface area contributed by atoms with Crippen molar-refractivity contribution in [3.8, 4) is 5.75 Å². The number of amides is 2. The number of pyridine rings is 1. The summed E-state index contributed by atoms with van der Waals surface area (Å²) in [6, 6.07) is 29.1. The molecule has 1 aliphatic heterocycles. The van der Waals surface area contributed by atoms with Crippen molar-refractivity contribution >= 4 is 22.7 Å². The number of halogens is 1. The van der Waals surface area contributed by atoms with Gasteiger partial charge >= 0.3 is 0 Å². The molecular weight excluding hydrogens is 533 g/mol. The van der Waals surface area contributed by atoms with Gasteiger partial charge in [0.25, 0.3) is 11.8 Å². The second-order valence-electron chi connectivity index (χ2n) is 10.0. The molecule has 2 amide bonds. The Hall–Kier alpha value is -5.08. The standard InChI is InChI=1S/C34H28FN3O4/c1-37(41-2)33(39)28-26-14-9-19-36-30(26)32(42-31(23-10-5-3-6-11-23)24-12-7-4-8-13-24)29-27(28)21-38(34(29)40)20-22-15-17-25(35)18-16-22/h3-19,31H,20-21H2,1-2H3. The summed E-state index contributed by atoms with van der Waals surface area (Å²) in [5.41, 5.74) is 4.10. The zero-order valence-electron chi connectivity index (χ0n) is 23.2. The number of carbonyl (C=O) groups excluding carboxylic acids is 2. The molecular formula is C34H28FN3O4. The lowest BCUT2D eigenvalue weighted by Gasteiger charge is -2.24. The van der Waals surface area contributed by atoms with E-state index in [4.69, 9.17) is 9.57 Å². The van der Waals surface area contributed by atoms with Crippen LogP contribution in [0.5, 0.6) is 5.75 Å². The van der Waals surface area contributed by atoms with Crippen LogP contribution in [0, 0.1) is 5.82 Å². The molecule has 0 aliphatic carbocycles. The van der Waals surface area contributed by atoms with Crippen molar-refractivity contribution < 1.29 is 23.6 Å². The van der Waals surface area contributed by atoms with Gasteiger partial charge in [-0.2, -0.15) is 0 Å². The molecule has 1 aromatic heterocycles. The SMILES string of the molecule is CON(C)C(=O)c1c2c(c(OC(c3ccccc3)c3ccccc3)c3ncccc13)C(=O)N(Cc1ccc(F)cc1)C2. The highest BCUT2D eigenvalue weighted by Crippen LogP contribution is 2.43. The zero-order chi connectivity index (χ0) is 29.2. The van der Waals surface area contributed by atoms with Gasteiger partial charge in [-0.15, -0.1) is 0 Å². The number of ether oxygens (including phenoxy) is 1. The number of benzene rings is 4. The van der Waals surface area contributed by atoms with Gasteiger partial charge < -0.3 is 9.64 Å². The molecule has 7 nitrogen and oxygen atoms in total. The van der Waals surface area contributed by atoms with Crippen molar-refractivity contribution in [2.24, 2.45) is 0 Å². The van der Waals surface area contributed by atoms with Crippen LogP contribution in [0.2, 0.25) is 0 Å². The van der Waals surface area contributed by atoms with Crippen LogP contribution < -0.4 is 4.74 Å². The molecule has 8 heteroatoms. The van der Waals surface area contributed by atoms with E-state index in [-0.39, 0.29) is 30.4 Å².